The van der Waals surface area contributed by atoms with Crippen LogP contribution in [0.5, 0.6) is 0 Å². The van der Waals surface area contributed by atoms with E-state index in [0.717, 1.165) is 30.8 Å². The van der Waals surface area contributed by atoms with Gasteiger partial charge in [0, 0.05) is 11.3 Å². The molecule has 0 amide bonds. The van der Waals surface area contributed by atoms with Crippen molar-refractivity contribution in [3.63, 3.8) is 0 Å². The van der Waals surface area contributed by atoms with Crippen LogP contribution < -0.4 is 5.32 Å². The Morgan fingerprint density at radius 2 is 2.15 bits per heavy atom. The molecular formula is C17H22N2O. The van der Waals surface area contributed by atoms with Gasteiger partial charge in [0.25, 0.3) is 0 Å². The summed E-state index contributed by atoms with van der Waals surface area (Å²) in [6.45, 7) is 6.18. The number of hydrogen-bond donors (Lipinski definition) is 1. The Bertz CT molecular complexity index is 625. The van der Waals surface area contributed by atoms with Crippen LogP contribution in [0, 0.1) is 5.92 Å². The van der Waals surface area contributed by atoms with Gasteiger partial charge in [-0.3, -0.25) is 0 Å². The lowest BCUT2D eigenvalue weighted by Crippen LogP contribution is -2.47. The van der Waals surface area contributed by atoms with Crippen LogP contribution in [0.25, 0.3) is 10.9 Å². The second-order valence-corrected chi connectivity index (χ2v) is 5.90. The minimum absolute atomic E-state index is 0.213. The second kappa shape index (κ2) is 5.15. The molecule has 1 aliphatic heterocycles. The summed E-state index contributed by atoms with van der Waals surface area (Å²) in [4.78, 5) is 4.84. The third-order valence-electron chi connectivity index (χ3n) is 4.50. The number of fused-ring (bicyclic) bond motifs is 1. The van der Waals surface area contributed by atoms with Crippen LogP contribution >= 0.6 is 0 Å². The van der Waals surface area contributed by atoms with E-state index >= 15 is 0 Å². The van der Waals surface area contributed by atoms with Crippen molar-refractivity contribution in [3.05, 3.63) is 41.6 Å². The first-order chi connectivity index (χ1) is 9.63. The standard InChI is InChI=1S/C17H22N2O/c1-12-11-20-17(12,2)16-7-6-14-5-4-13(8-9-18-3)10-15(14)19-16/h4-7,10,12,18H,8-9,11H2,1-3H3. The predicted octanol–water partition coefficient (Wildman–Crippen LogP) is 2.88. The van der Waals surface area contributed by atoms with E-state index in [1.807, 2.05) is 7.05 Å². The van der Waals surface area contributed by atoms with E-state index in [0.29, 0.717) is 5.92 Å². The molecule has 1 aromatic heterocycles. The van der Waals surface area contributed by atoms with Crippen molar-refractivity contribution in [1.29, 1.82) is 0 Å². The molecule has 3 nitrogen and oxygen atoms in total. The highest BCUT2D eigenvalue weighted by Gasteiger charge is 2.43. The van der Waals surface area contributed by atoms with Crippen LogP contribution in [0.15, 0.2) is 30.3 Å². The molecule has 1 aromatic carbocycles. The van der Waals surface area contributed by atoms with E-state index in [2.05, 4.69) is 49.5 Å². The fraction of sp³-hybridized carbons (Fsp3) is 0.471. The molecule has 20 heavy (non-hydrogen) atoms. The Morgan fingerprint density at radius 3 is 2.80 bits per heavy atom. The molecule has 2 aromatic rings. The van der Waals surface area contributed by atoms with Crippen molar-refractivity contribution < 1.29 is 4.74 Å². The molecule has 0 spiro atoms. The van der Waals surface area contributed by atoms with Gasteiger partial charge < -0.3 is 10.1 Å². The van der Waals surface area contributed by atoms with Crippen LogP contribution in [0.2, 0.25) is 0 Å². The van der Waals surface area contributed by atoms with Crippen molar-refractivity contribution in [3.8, 4) is 0 Å². The van der Waals surface area contributed by atoms with Gasteiger partial charge >= 0.3 is 0 Å². The zero-order valence-corrected chi connectivity index (χ0v) is 12.4. The van der Waals surface area contributed by atoms with Crippen LogP contribution in [0.3, 0.4) is 0 Å². The molecule has 2 atom stereocenters. The van der Waals surface area contributed by atoms with Gasteiger partial charge in [-0.15, -0.1) is 0 Å². The zero-order valence-electron chi connectivity index (χ0n) is 12.4. The molecule has 2 unspecified atom stereocenters. The highest BCUT2D eigenvalue weighted by Crippen LogP contribution is 2.41. The molecule has 0 bridgehead atoms. The lowest BCUT2D eigenvalue weighted by atomic mass is 9.82. The number of nitrogens with zero attached hydrogens (tertiary/aromatic N) is 1. The van der Waals surface area contributed by atoms with Crippen molar-refractivity contribution in [2.24, 2.45) is 5.92 Å². The summed E-state index contributed by atoms with van der Waals surface area (Å²) >= 11 is 0. The fourth-order valence-corrected chi connectivity index (χ4v) is 2.69. The minimum Gasteiger partial charge on any atom is -0.368 e. The summed E-state index contributed by atoms with van der Waals surface area (Å²) in [5.41, 5.74) is 3.23. The van der Waals surface area contributed by atoms with E-state index in [9.17, 15) is 0 Å². The number of aromatic nitrogens is 1. The van der Waals surface area contributed by atoms with Crippen LogP contribution in [0.1, 0.15) is 25.1 Å². The maximum absolute atomic E-state index is 5.79. The first-order valence-corrected chi connectivity index (χ1v) is 7.32. The molecule has 1 N–H and O–H groups in total. The third-order valence-corrected chi connectivity index (χ3v) is 4.50. The van der Waals surface area contributed by atoms with Gasteiger partial charge in [0.1, 0.15) is 5.60 Å². The summed E-state index contributed by atoms with van der Waals surface area (Å²) in [6, 6.07) is 10.8. The lowest BCUT2D eigenvalue weighted by molar-refractivity contribution is -0.195. The van der Waals surface area contributed by atoms with Crippen LogP contribution in [-0.2, 0) is 16.8 Å². The van der Waals surface area contributed by atoms with Crippen molar-refractivity contribution in [1.82, 2.24) is 10.3 Å². The van der Waals surface area contributed by atoms with Gasteiger partial charge in [-0.1, -0.05) is 25.1 Å². The average molecular weight is 270 g/mol. The van der Waals surface area contributed by atoms with E-state index < -0.39 is 0 Å². The van der Waals surface area contributed by atoms with Gasteiger partial charge in [0.2, 0.25) is 0 Å². The Hall–Kier alpha value is -1.45. The Kier molecular flexibility index (Phi) is 3.48. The molecule has 3 heteroatoms. The second-order valence-electron chi connectivity index (χ2n) is 5.90. The third kappa shape index (κ3) is 2.21. The van der Waals surface area contributed by atoms with Gasteiger partial charge in [0.05, 0.1) is 17.8 Å². The maximum atomic E-state index is 5.79. The molecule has 0 saturated carbocycles. The van der Waals surface area contributed by atoms with Crippen LogP contribution in [-0.4, -0.2) is 25.2 Å². The van der Waals surface area contributed by atoms with Gasteiger partial charge in [0.15, 0.2) is 0 Å². The topological polar surface area (TPSA) is 34.1 Å². The van der Waals surface area contributed by atoms with Gasteiger partial charge in [-0.2, -0.15) is 0 Å². The quantitative estimate of drug-likeness (QED) is 0.927. The zero-order chi connectivity index (χ0) is 14.2. The highest BCUT2D eigenvalue weighted by molar-refractivity contribution is 5.79. The predicted molar refractivity (Wildman–Crippen MR) is 81.8 cm³/mol. The van der Waals surface area contributed by atoms with Gasteiger partial charge in [-0.05, 0) is 44.6 Å². The van der Waals surface area contributed by atoms with E-state index in [4.69, 9.17) is 9.72 Å². The van der Waals surface area contributed by atoms with E-state index in [-0.39, 0.29) is 5.60 Å². The number of hydrogen-bond acceptors (Lipinski definition) is 3. The molecule has 1 aliphatic rings. The molecule has 0 radical (unpaired) electrons. The minimum atomic E-state index is -0.213. The van der Waals surface area contributed by atoms with Gasteiger partial charge in [-0.25, -0.2) is 4.98 Å². The number of ether oxygens (including phenoxy) is 1. The average Bonchev–Trinajstić information content (AvgIpc) is 2.49. The molecule has 3 rings (SSSR count). The number of benzene rings is 1. The molecule has 1 fully saturated rings. The van der Waals surface area contributed by atoms with Crippen LogP contribution in [0.4, 0.5) is 0 Å². The first kappa shape index (κ1) is 13.5. The van der Waals surface area contributed by atoms with Crippen molar-refractivity contribution >= 4 is 10.9 Å². The number of likely N-dealkylation sites (N-methyl/N-ethyl adjacent to an activating group) is 1. The largest absolute Gasteiger partial charge is 0.368 e. The number of rotatable bonds is 4. The molecule has 106 valence electrons. The Labute approximate surface area is 120 Å². The SMILES string of the molecule is CNCCc1ccc2ccc(C3(C)OCC3C)nc2c1. The highest BCUT2D eigenvalue weighted by atomic mass is 16.5. The molecule has 2 heterocycles. The maximum Gasteiger partial charge on any atom is 0.112 e. The normalized spacial score (nSPS) is 25.6. The first-order valence-electron chi connectivity index (χ1n) is 7.32. The Morgan fingerprint density at radius 1 is 1.35 bits per heavy atom. The Balaban J connectivity index is 1.96. The van der Waals surface area contributed by atoms with Crippen molar-refractivity contribution in [2.45, 2.75) is 25.9 Å². The molecular weight excluding hydrogens is 248 g/mol. The summed E-state index contributed by atoms with van der Waals surface area (Å²) in [7, 11) is 1.98. The fourth-order valence-electron chi connectivity index (χ4n) is 2.69. The number of nitrogens with one attached hydrogen (secondary N) is 1. The summed E-state index contributed by atoms with van der Waals surface area (Å²) in [5, 5.41) is 4.38. The van der Waals surface area contributed by atoms with Crippen molar-refractivity contribution in [2.75, 3.05) is 20.2 Å². The smallest absolute Gasteiger partial charge is 0.112 e. The molecule has 1 saturated heterocycles. The summed E-state index contributed by atoms with van der Waals surface area (Å²) in [5.74, 6) is 0.528. The van der Waals surface area contributed by atoms with E-state index in [1.165, 1.54) is 10.9 Å². The van der Waals surface area contributed by atoms with E-state index in [1.54, 1.807) is 0 Å². The monoisotopic (exact) mass is 270 g/mol. The number of pyridine rings is 1. The molecule has 0 aliphatic carbocycles. The lowest BCUT2D eigenvalue weighted by Gasteiger charge is -2.44. The summed E-state index contributed by atoms with van der Waals surface area (Å²) < 4.78 is 5.79. The summed E-state index contributed by atoms with van der Waals surface area (Å²) in [6.07, 6.45) is 1.03.